The summed E-state index contributed by atoms with van der Waals surface area (Å²) in [6, 6.07) is 7.33. The molecule has 0 saturated carbocycles. The molecule has 166 valence electrons. The van der Waals surface area contributed by atoms with Gasteiger partial charge in [-0.1, -0.05) is 6.07 Å². The van der Waals surface area contributed by atoms with E-state index in [2.05, 4.69) is 10.3 Å². The molecule has 2 heterocycles. The fourth-order valence-electron chi connectivity index (χ4n) is 3.94. The second-order valence-corrected chi connectivity index (χ2v) is 7.68. The van der Waals surface area contributed by atoms with Crippen LogP contribution in [0.15, 0.2) is 48.8 Å². The van der Waals surface area contributed by atoms with Crippen molar-refractivity contribution in [3.05, 3.63) is 71.8 Å². The van der Waals surface area contributed by atoms with Gasteiger partial charge in [-0.25, -0.2) is 13.2 Å². The van der Waals surface area contributed by atoms with Crippen LogP contribution in [0.2, 0.25) is 0 Å². The van der Waals surface area contributed by atoms with Crippen molar-refractivity contribution in [1.82, 2.24) is 4.98 Å². The Morgan fingerprint density at radius 3 is 2.59 bits per heavy atom. The molecule has 1 amide bonds. The van der Waals surface area contributed by atoms with Crippen LogP contribution in [-0.4, -0.2) is 30.0 Å². The van der Waals surface area contributed by atoms with Crippen LogP contribution in [0.25, 0.3) is 11.1 Å². The Kier molecular flexibility index (Phi) is 6.00. The van der Waals surface area contributed by atoms with Gasteiger partial charge in [-0.15, -0.1) is 0 Å². The quantitative estimate of drug-likeness (QED) is 0.533. The molecule has 1 aliphatic rings. The molecular formula is C23H22F3N5O. The number of benzene rings is 2. The lowest BCUT2D eigenvalue weighted by atomic mass is 9.99. The first-order valence-corrected chi connectivity index (χ1v) is 10.1. The highest BCUT2D eigenvalue weighted by Crippen LogP contribution is 2.33. The third-order valence-corrected chi connectivity index (χ3v) is 5.48. The van der Waals surface area contributed by atoms with Crippen molar-refractivity contribution >= 4 is 23.0 Å². The molecule has 1 atom stereocenters. The van der Waals surface area contributed by atoms with Crippen LogP contribution >= 0.6 is 0 Å². The molecule has 1 aliphatic heterocycles. The number of halogens is 3. The second-order valence-electron chi connectivity index (χ2n) is 7.68. The number of nitrogens with zero attached hydrogens (tertiary/aromatic N) is 2. The van der Waals surface area contributed by atoms with Crippen molar-refractivity contribution in [3.8, 4) is 11.1 Å². The summed E-state index contributed by atoms with van der Waals surface area (Å²) >= 11 is 0. The molecule has 1 aromatic heterocycles. The minimum Gasteiger partial charge on any atom is -0.398 e. The van der Waals surface area contributed by atoms with Crippen LogP contribution in [0.5, 0.6) is 0 Å². The van der Waals surface area contributed by atoms with Crippen LogP contribution in [-0.2, 0) is 0 Å². The number of rotatable bonds is 4. The molecule has 0 radical (unpaired) electrons. The Balaban J connectivity index is 1.70. The molecule has 1 fully saturated rings. The van der Waals surface area contributed by atoms with Gasteiger partial charge in [-0.3, -0.25) is 9.78 Å². The highest BCUT2D eigenvalue weighted by Gasteiger charge is 2.25. The van der Waals surface area contributed by atoms with Gasteiger partial charge in [0.25, 0.3) is 5.91 Å². The molecule has 0 unspecified atom stereocenters. The number of nitrogens with two attached hydrogens (primary N) is 2. The average molecular weight is 441 g/mol. The number of carbonyl (C=O) groups is 1. The lowest BCUT2D eigenvalue weighted by Gasteiger charge is -2.33. The lowest BCUT2D eigenvalue weighted by molar-refractivity contribution is 0.102. The van der Waals surface area contributed by atoms with Crippen LogP contribution < -0.4 is 21.7 Å². The van der Waals surface area contributed by atoms with E-state index >= 15 is 4.39 Å². The highest BCUT2D eigenvalue weighted by molar-refractivity contribution is 6.10. The first-order chi connectivity index (χ1) is 15.4. The number of hydrogen-bond donors (Lipinski definition) is 3. The lowest BCUT2D eigenvalue weighted by Crippen LogP contribution is -2.43. The molecule has 1 saturated heterocycles. The largest absolute Gasteiger partial charge is 0.398 e. The SMILES string of the molecule is Nc1ccc(-c2c(F)cccc2F)c(F)c1C(=O)Nc1cnccc1N1CCC[C@H](N)C1. The monoisotopic (exact) mass is 441 g/mol. The number of aromatic nitrogens is 1. The zero-order chi connectivity index (χ0) is 22.8. The molecule has 5 N–H and O–H groups in total. The summed E-state index contributed by atoms with van der Waals surface area (Å²) in [5, 5.41) is 2.64. The maximum atomic E-state index is 15.3. The number of nitrogens with one attached hydrogen (secondary N) is 1. The normalized spacial score (nSPS) is 16.1. The third kappa shape index (κ3) is 4.11. The third-order valence-electron chi connectivity index (χ3n) is 5.48. The van der Waals surface area contributed by atoms with Crippen LogP contribution in [0.4, 0.5) is 30.2 Å². The fraction of sp³-hybridized carbons (Fsp3) is 0.217. The summed E-state index contributed by atoms with van der Waals surface area (Å²) in [5.74, 6) is -3.86. The fourth-order valence-corrected chi connectivity index (χ4v) is 3.94. The van der Waals surface area contributed by atoms with E-state index in [4.69, 9.17) is 11.5 Å². The number of pyridine rings is 1. The predicted molar refractivity (Wildman–Crippen MR) is 118 cm³/mol. The van der Waals surface area contributed by atoms with E-state index < -0.39 is 40.0 Å². The van der Waals surface area contributed by atoms with E-state index in [1.807, 2.05) is 4.90 Å². The van der Waals surface area contributed by atoms with Crippen molar-refractivity contribution in [2.75, 3.05) is 29.0 Å². The summed E-state index contributed by atoms with van der Waals surface area (Å²) in [6.07, 6.45) is 4.84. The molecule has 3 aromatic rings. The predicted octanol–water partition coefficient (Wildman–Crippen LogP) is 3.93. The van der Waals surface area contributed by atoms with Crippen LogP contribution in [0, 0.1) is 17.5 Å². The molecule has 4 rings (SSSR count). The molecular weight excluding hydrogens is 419 g/mol. The van der Waals surface area contributed by atoms with Gasteiger partial charge in [-0.2, -0.15) is 0 Å². The Bertz CT molecular complexity index is 1150. The Labute approximate surface area is 183 Å². The van der Waals surface area contributed by atoms with E-state index in [1.165, 1.54) is 18.3 Å². The maximum Gasteiger partial charge on any atom is 0.260 e. The van der Waals surface area contributed by atoms with Gasteiger partial charge in [0, 0.05) is 36.6 Å². The smallest absolute Gasteiger partial charge is 0.260 e. The first-order valence-electron chi connectivity index (χ1n) is 10.1. The standard InChI is InChI=1S/C23H22F3N5O/c24-15-4-1-5-16(25)20(15)14-6-7-17(28)21(22(14)26)23(32)30-18-11-29-9-8-19(18)31-10-2-3-13(27)12-31/h1,4-9,11,13H,2-3,10,12,27-28H2,(H,30,32)/t13-/m0/s1. The van der Waals surface area contributed by atoms with Gasteiger partial charge in [-0.05, 0) is 43.2 Å². The van der Waals surface area contributed by atoms with Gasteiger partial charge in [0.05, 0.1) is 28.7 Å². The number of hydrogen-bond acceptors (Lipinski definition) is 5. The van der Waals surface area contributed by atoms with E-state index in [0.29, 0.717) is 17.9 Å². The van der Waals surface area contributed by atoms with Gasteiger partial charge in [0.2, 0.25) is 0 Å². The molecule has 0 spiro atoms. The Morgan fingerprint density at radius 1 is 1.12 bits per heavy atom. The molecule has 0 bridgehead atoms. The second kappa shape index (κ2) is 8.88. The summed E-state index contributed by atoms with van der Waals surface area (Å²) in [6.45, 7) is 1.35. The Hall–Kier alpha value is -3.59. The van der Waals surface area contributed by atoms with E-state index in [9.17, 15) is 13.6 Å². The minimum atomic E-state index is -1.11. The summed E-state index contributed by atoms with van der Waals surface area (Å²) in [4.78, 5) is 19.1. The number of piperidine rings is 1. The maximum absolute atomic E-state index is 15.3. The molecule has 9 heteroatoms. The van der Waals surface area contributed by atoms with Crippen molar-refractivity contribution in [1.29, 1.82) is 0 Å². The average Bonchev–Trinajstić information content (AvgIpc) is 2.75. The molecule has 6 nitrogen and oxygen atoms in total. The highest BCUT2D eigenvalue weighted by atomic mass is 19.1. The van der Waals surface area contributed by atoms with Crippen LogP contribution in [0.3, 0.4) is 0 Å². The number of amides is 1. The van der Waals surface area contributed by atoms with Crippen LogP contribution in [0.1, 0.15) is 23.2 Å². The van der Waals surface area contributed by atoms with Gasteiger partial charge in [0.15, 0.2) is 0 Å². The van der Waals surface area contributed by atoms with E-state index in [1.54, 1.807) is 12.3 Å². The number of anilines is 3. The summed E-state index contributed by atoms with van der Waals surface area (Å²) < 4.78 is 43.8. The first kappa shape index (κ1) is 21.6. The van der Waals surface area contributed by atoms with Gasteiger partial charge >= 0.3 is 0 Å². The van der Waals surface area contributed by atoms with Crippen molar-refractivity contribution in [3.63, 3.8) is 0 Å². The number of nitrogen functional groups attached to an aromatic ring is 1. The Morgan fingerprint density at radius 2 is 1.88 bits per heavy atom. The van der Waals surface area contributed by atoms with Gasteiger partial charge < -0.3 is 21.7 Å². The van der Waals surface area contributed by atoms with Crippen molar-refractivity contribution in [2.24, 2.45) is 5.73 Å². The minimum absolute atomic E-state index is 0.000836. The van der Waals surface area contributed by atoms with E-state index in [0.717, 1.165) is 37.6 Å². The molecule has 2 aromatic carbocycles. The van der Waals surface area contributed by atoms with Crippen molar-refractivity contribution < 1.29 is 18.0 Å². The van der Waals surface area contributed by atoms with Gasteiger partial charge in [0.1, 0.15) is 17.5 Å². The van der Waals surface area contributed by atoms with Crippen molar-refractivity contribution in [2.45, 2.75) is 18.9 Å². The van der Waals surface area contributed by atoms with E-state index in [-0.39, 0.29) is 11.7 Å². The molecule has 32 heavy (non-hydrogen) atoms. The summed E-state index contributed by atoms with van der Waals surface area (Å²) in [5.41, 5.74) is 11.4. The topological polar surface area (TPSA) is 97.3 Å². The zero-order valence-electron chi connectivity index (χ0n) is 17.1. The summed E-state index contributed by atoms with van der Waals surface area (Å²) in [7, 11) is 0. The number of carbonyl (C=O) groups excluding carboxylic acids is 1. The molecule has 0 aliphatic carbocycles. The zero-order valence-corrected chi connectivity index (χ0v) is 17.1.